The first-order chi connectivity index (χ1) is 7.81. The Hall–Kier alpha value is -1.75. The van der Waals surface area contributed by atoms with Crippen molar-refractivity contribution in [2.75, 3.05) is 5.32 Å². The Morgan fingerprint density at radius 2 is 2.06 bits per heavy atom. The number of benzene rings is 1. The van der Waals surface area contributed by atoms with Gasteiger partial charge in [-0.05, 0) is 38.5 Å². The van der Waals surface area contributed by atoms with Gasteiger partial charge in [-0.15, -0.1) is 0 Å². The van der Waals surface area contributed by atoms with Crippen molar-refractivity contribution in [3.05, 3.63) is 23.8 Å². The smallest absolute Gasteiger partial charge is 0.412 e. The van der Waals surface area contributed by atoms with E-state index in [4.69, 9.17) is 9.84 Å². The molecule has 1 rings (SSSR count). The molecular weight excluding hydrogens is 222 g/mol. The number of amides is 1. The third kappa shape index (κ3) is 4.32. The molecule has 1 aromatic rings. The number of rotatable bonds is 2. The van der Waals surface area contributed by atoms with Gasteiger partial charge in [0.15, 0.2) is 0 Å². The van der Waals surface area contributed by atoms with Crippen molar-refractivity contribution < 1.29 is 19.7 Å². The zero-order chi connectivity index (χ0) is 13.1. The monoisotopic (exact) mass is 239 g/mol. The van der Waals surface area contributed by atoms with Crippen LogP contribution in [0.15, 0.2) is 18.2 Å². The summed E-state index contributed by atoms with van der Waals surface area (Å²) in [6, 6.07) is 4.45. The molecular formula is C12H17NO4. The first kappa shape index (κ1) is 13.3. The van der Waals surface area contributed by atoms with E-state index >= 15 is 0 Å². The Morgan fingerprint density at radius 1 is 1.41 bits per heavy atom. The maximum atomic E-state index is 11.5. The lowest BCUT2D eigenvalue weighted by Crippen LogP contribution is -2.27. The van der Waals surface area contributed by atoms with Gasteiger partial charge in [0.1, 0.15) is 11.4 Å². The number of aromatic hydroxyl groups is 1. The van der Waals surface area contributed by atoms with E-state index in [0.29, 0.717) is 5.56 Å². The quantitative estimate of drug-likeness (QED) is 0.691. The molecule has 17 heavy (non-hydrogen) atoms. The Labute approximate surface area is 100 Å². The predicted octanol–water partition coefficient (Wildman–Crippen LogP) is 2.23. The minimum Gasteiger partial charge on any atom is -0.506 e. The number of phenols is 1. The van der Waals surface area contributed by atoms with Crippen molar-refractivity contribution in [1.29, 1.82) is 0 Å². The van der Waals surface area contributed by atoms with Gasteiger partial charge in [-0.2, -0.15) is 0 Å². The fraction of sp³-hybridized carbons (Fsp3) is 0.417. The fourth-order valence-electron chi connectivity index (χ4n) is 1.20. The van der Waals surface area contributed by atoms with Crippen LogP contribution < -0.4 is 5.32 Å². The number of anilines is 1. The molecule has 94 valence electrons. The summed E-state index contributed by atoms with van der Waals surface area (Å²) in [5, 5.41) is 20.9. The first-order valence-corrected chi connectivity index (χ1v) is 5.24. The van der Waals surface area contributed by atoms with Crippen molar-refractivity contribution in [3.8, 4) is 5.75 Å². The van der Waals surface area contributed by atoms with E-state index in [1.165, 1.54) is 12.1 Å². The molecule has 0 aliphatic carbocycles. The topological polar surface area (TPSA) is 78.8 Å². The highest BCUT2D eigenvalue weighted by Crippen LogP contribution is 2.24. The van der Waals surface area contributed by atoms with Crippen LogP contribution in [0.5, 0.6) is 5.75 Å². The molecule has 1 amide bonds. The zero-order valence-corrected chi connectivity index (χ0v) is 10.2. The van der Waals surface area contributed by atoms with E-state index in [-0.39, 0.29) is 18.0 Å². The number of hydrogen-bond acceptors (Lipinski definition) is 4. The highest BCUT2D eigenvalue weighted by molar-refractivity contribution is 5.87. The largest absolute Gasteiger partial charge is 0.506 e. The molecule has 0 unspecified atom stereocenters. The highest BCUT2D eigenvalue weighted by atomic mass is 16.6. The number of phenolic OH excluding ortho intramolecular Hbond substituents is 1. The van der Waals surface area contributed by atoms with Gasteiger partial charge >= 0.3 is 6.09 Å². The number of nitrogens with one attached hydrogen (secondary N) is 1. The first-order valence-electron chi connectivity index (χ1n) is 5.24. The summed E-state index contributed by atoms with van der Waals surface area (Å²) in [5.74, 6) is -0.0759. The lowest BCUT2D eigenvalue weighted by molar-refractivity contribution is 0.0635. The standard InChI is InChI=1S/C12H17NO4/c1-12(2,3)17-11(16)13-9-6-8(7-14)4-5-10(9)15/h4-6,14-15H,7H2,1-3H3,(H,13,16). The van der Waals surface area contributed by atoms with E-state index in [1.807, 2.05) is 0 Å². The van der Waals surface area contributed by atoms with Crippen molar-refractivity contribution >= 4 is 11.8 Å². The van der Waals surface area contributed by atoms with E-state index < -0.39 is 11.7 Å². The third-order valence-electron chi connectivity index (χ3n) is 1.88. The van der Waals surface area contributed by atoms with Gasteiger partial charge in [-0.1, -0.05) is 6.07 Å². The number of ether oxygens (including phenoxy) is 1. The minimum absolute atomic E-state index is 0.0759. The molecule has 5 heteroatoms. The molecule has 0 aliphatic rings. The summed E-state index contributed by atoms with van der Waals surface area (Å²) in [4.78, 5) is 11.5. The SMILES string of the molecule is CC(C)(C)OC(=O)Nc1cc(CO)ccc1O. The van der Waals surface area contributed by atoms with Crippen LogP contribution in [0.3, 0.4) is 0 Å². The predicted molar refractivity (Wildman–Crippen MR) is 63.9 cm³/mol. The lowest BCUT2D eigenvalue weighted by Gasteiger charge is -2.20. The normalized spacial score (nSPS) is 11.1. The van der Waals surface area contributed by atoms with Gasteiger partial charge in [0, 0.05) is 0 Å². The number of aliphatic hydroxyl groups is 1. The van der Waals surface area contributed by atoms with Gasteiger partial charge in [0.2, 0.25) is 0 Å². The number of carbonyl (C=O) groups excluding carboxylic acids is 1. The Kier molecular flexibility index (Phi) is 3.96. The van der Waals surface area contributed by atoms with Crippen LogP contribution in [0.1, 0.15) is 26.3 Å². The molecule has 0 saturated carbocycles. The van der Waals surface area contributed by atoms with Crippen molar-refractivity contribution in [1.82, 2.24) is 0 Å². The summed E-state index contributed by atoms with van der Waals surface area (Å²) in [6.07, 6.45) is -0.650. The van der Waals surface area contributed by atoms with Gasteiger partial charge < -0.3 is 14.9 Å². The van der Waals surface area contributed by atoms with Crippen LogP contribution in [0, 0.1) is 0 Å². The van der Waals surface area contributed by atoms with Crippen LogP contribution in [0.2, 0.25) is 0 Å². The van der Waals surface area contributed by atoms with Crippen molar-refractivity contribution in [2.45, 2.75) is 33.0 Å². The van der Waals surface area contributed by atoms with Crippen LogP contribution in [-0.2, 0) is 11.3 Å². The molecule has 3 N–H and O–H groups in total. The molecule has 1 aromatic carbocycles. The van der Waals surface area contributed by atoms with Gasteiger partial charge in [0.25, 0.3) is 0 Å². The summed E-state index contributed by atoms with van der Waals surface area (Å²) >= 11 is 0. The lowest BCUT2D eigenvalue weighted by atomic mass is 10.2. The average Bonchev–Trinajstić information content (AvgIpc) is 2.18. The molecule has 0 aliphatic heterocycles. The molecule has 0 spiro atoms. The Balaban J connectivity index is 2.77. The average molecular weight is 239 g/mol. The van der Waals surface area contributed by atoms with Crippen molar-refractivity contribution in [3.63, 3.8) is 0 Å². The molecule has 0 aromatic heterocycles. The third-order valence-corrected chi connectivity index (χ3v) is 1.88. The molecule has 0 heterocycles. The highest BCUT2D eigenvalue weighted by Gasteiger charge is 2.17. The van der Waals surface area contributed by atoms with Gasteiger partial charge in [-0.3, -0.25) is 5.32 Å². The van der Waals surface area contributed by atoms with E-state index in [9.17, 15) is 9.90 Å². The molecule has 0 atom stereocenters. The summed E-state index contributed by atoms with van der Waals surface area (Å²) in [5.41, 5.74) is 0.202. The second kappa shape index (κ2) is 5.05. The van der Waals surface area contributed by atoms with Crippen LogP contribution in [0.4, 0.5) is 10.5 Å². The van der Waals surface area contributed by atoms with Crippen LogP contribution in [0.25, 0.3) is 0 Å². The summed E-state index contributed by atoms with van der Waals surface area (Å²) in [6.45, 7) is 5.08. The van der Waals surface area contributed by atoms with E-state index in [2.05, 4.69) is 5.32 Å². The molecule has 0 saturated heterocycles. The fourth-order valence-corrected chi connectivity index (χ4v) is 1.20. The van der Waals surface area contributed by atoms with Crippen LogP contribution in [-0.4, -0.2) is 21.9 Å². The minimum atomic E-state index is -0.650. The second-order valence-electron chi connectivity index (χ2n) is 4.64. The van der Waals surface area contributed by atoms with Gasteiger partial charge in [0.05, 0.1) is 12.3 Å². The maximum Gasteiger partial charge on any atom is 0.412 e. The summed E-state index contributed by atoms with van der Waals surface area (Å²) < 4.78 is 5.05. The van der Waals surface area contributed by atoms with E-state index in [1.54, 1.807) is 26.8 Å². The molecule has 0 fully saturated rings. The van der Waals surface area contributed by atoms with E-state index in [0.717, 1.165) is 0 Å². The Morgan fingerprint density at radius 3 is 2.59 bits per heavy atom. The molecule has 5 nitrogen and oxygen atoms in total. The molecule has 0 radical (unpaired) electrons. The number of hydrogen-bond donors (Lipinski definition) is 3. The molecule has 0 bridgehead atoms. The Bertz CT molecular complexity index is 409. The number of carbonyl (C=O) groups is 1. The maximum absolute atomic E-state index is 11.5. The summed E-state index contributed by atoms with van der Waals surface area (Å²) in [7, 11) is 0. The zero-order valence-electron chi connectivity index (χ0n) is 10.2. The van der Waals surface area contributed by atoms with Gasteiger partial charge in [-0.25, -0.2) is 4.79 Å². The number of aliphatic hydroxyl groups excluding tert-OH is 1. The van der Waals surface area contributed by atoms with Crippen LogP contribution >= 0.6 is 0 Å². The van der Waals surface area contributed by atoms with Crippen molar-refractivity contribution in [2.24, 2.45) is 0 Å². The second-order valence-corrected chi connectivity index (χ2v) is 4.64.